The number of nitrogen functional groups attached to an aromatic ring is 1. The van der Waals surface area contributed by atoms with Crippen LogP contribution in [0.5, 0.6) is 0 Å². The molecule has 1 unspecified atom stereocenters. The van der Waals surface area contributed by atoms with Crippen molar-refractivity contribution in [2.75, 3.05) is 24.8 Å². The van der Waals surface area contributed by atoms with Crippen LogP contribution < -0.4 is 11.1 Å². The molecule has 1 rings (SSSR count). The minimum absolute atomic E-state index is 0.00511. The van der Waals surface area contributed by atoms with E-state index in [0.29, 0.717) is 6.61 Å². The molecule has 106 valence electrons. The smallest absolute Gasteiger partial charge is 0.332 e. The number of nitrogens with one attached hydrogen (secondary N) is 1. The molecule has 0 fully saturated rings. The van der Waals surface area contributed by atoms with Gasteiger partial charge in [-0.1, -0.05) is 13.8 Å². The van der Waals surface area contributed by atoms with Gasteiger partial charge in [0.25, 0.3) is 0 Å². The fourth-order valence-electron chi connectivity index (χ4n) is 1.66. The Bertz CT molecular complexity index is 464. The molecule has 3 N–H and O–H groups in total. The second-order valence-corrected chi connectivity index (χ2v) is 4.57. The Morgan fingerprint density at radius 1 is 1.47 bits per heavy atom. The molecule has 8 heteroatoms. The van der Waals surface area contributed by atoms with Gasteiger partial charge in [-0.2, -0.15) is 4.98 Å². The zero-order valence-corrected chi connectivity index (χ0v) is 11.5. The zero-order valence-electron chi connectivity index (χ0n) is 11.5. The second-order valence-electron chi connectivity index (χ2n) is 4.57. The average Bonchev–Trinajstić information content (AvgIpc) is 2.26. The van der Waals surface area contributed by atoms with Crippen LogP contribution in [0.2, 0.25) is 0 Å². The van der Waals surface area contributed by atoms with Crippen LogP contribution in [-0.4, -0.2) is 34.6 Å². The first-order valence-corrected chi connectivity index (χ1v) is 5.90. The molecular weight excluding hydrogens is 250 g/mol. The van der Waals surface area contributed by atoms with Crippen molar-refractivity contribution in [2.24, 2.45) is 5.92 Å². The van der Waals surface area contributed by atoms with Crippen molar-refractivity contribution in [1.82, 2.24) is 9.97 Å². The fraction of sp³-hybridized carbons (Fsp3) is 0.636. The number of aromatic nitrogens is 2. The van der Waals surface area contributed by atoms with E-state index in [2.05, 4.69) is 15.3 Å². The quantitative estimate of drug-likeness (QED) is 0.591. The Labute approximate surface area is 111 Å². The molecule has 1 aromatic heterocycles. The van der Waals surface area contributed by atoms with Crippen LogP contribution in [0.3, 0.4) is 0 Å². The van der Waals surface area contributed by atoms with Gasteiger partial charge in [0.15, 0.2) is 0 Å². The van der Waals surface area contributed by atoms with Gasteiger partial charge >= 0.3 is 5.69 Å². The van der Waals surface area contributed by atoms with E-state index >= 15 is 0 Å². The van der Waals surface area contributed by atoms with Crippen molar-refractivity contribution < 1.29 is 9.66 Å². The van der Waals surface area contributed by atoms with Crippen molar-refractivity contribution in [1.29, 1.82) is 0 Å². The van der Waals surface area contributed by atoms with Crippen LogP contribution in [-0.2, 0) is 4.74 Å². The summed E-state index contributed by atoms with van der Waals surface area (Å²) < 4.78 is 5.09. The first-order chi connectivity index (χ1) is 8.86. The topological polar surface area (TPSA) is 116 Å². The van der Waals surface area contributed by atoms with Crippen LogP contribution in [0, 0.1) is 23.0 Å². The zero-order chi connectivity index (χ0) is 14.6. The molecule has 0 bridgehead atoms. The number of ether oxygens (including phenoxy) is 1. The predicted octanol–water partition coefficient (Wildman–Crippen LogP) is 1.36. The normalized spacial score (nSPS) is 12.5. The lowest BCUT2D eigenvalue weighted by molar-refractivity contribution is -0.385. The van der Waals surface area contributed by atoms with Crippen LogP contribution >= 0.6 is 0 Å². The molecule has 19 heavy (non-hydrogen) atoms. The molecule has 0 saturated carbocycles. The number of hydrogen-bond acceptors (Lipinski definition) is 7. The Morgan fingerprint density at radius 3 is 2.58 bits per heavy atom. The standard InChI is InChI=1S/C11H19N5O3/c1-6(2)8(5-19-4)14-10-9(16(17)18)7(3)13-11(12)15-10/h6,8H,5H2,1-4H3,(H3,12,13,14,15). The van der Waals surface area contributed by atoms with Gasteiger partial charge in [-0.25, -0.2) is 4.98 Å². The molecule has 0 aliphatic carbocycles. The molecule has 0 aliphatic heterocycles. The molecule has 0 radical (unpaired) electrons. The molecule has 0 saturated heterocycles. The number of hydrogen-bond donors (Lipinski definition) is 2. The molecule has 1 atom stereocenters. The van der Waals surface area contributed by atoms with Crippen molar-refractivity contribution in [2.45, 2.75) is 26.8 Å². The number of methoxy groups -OCH3 is 1. The van der Waals surface area contributed by atoms with Gasteiger partial charge in [0.05, 0.1) is 17.6 Å². The molecular formula is C11H19N5O3. The van der Waals surface area contributed by atoms with E-state index in [9.17, 15) is 10.1 Å². The lowest BCUT2D eigenvalue weighted by Gasteiger charge is -2.22. The molecule has 8 nitrogen and oxygen atoms in total. The lowest BCUT2D eigenvalue weighted by Crippen LogP contribution is -2.31. The number of anilines is 2. The summed E-state index contributed by atoms with van der Waals surface area (Å²) in [6.45, 7) is 5.92. The average molecular weight is 269 g/mol. The SMILES string of the molecule is COCC(Nc1nc(N)nc(C)c1[N+](=O)[O-])C(C)C. The minimum Gasteiger partial charge on any atom is -0.383 e. The summed E-state index contributed by atoms with van der Waals surface area (Å²) in [4.78, 5) is 18.3. The number of rotatable bonds is 6. The highest BCUT2D eigenvalue weighted by molar-refractivity contribution is 5.60. The number of nitrogens with zero attached hydrogens (tertiary/aromatic N) is 3. The molecule has 1 aromatic rings. The highest BCUT2D eigenvalue weighted by atomic mass is 16.6. The lowest BCUT2D eigenvalue weighted by atomic mass is 10.1. The van der Waals surface area contributed by atoms with Crippen LogP contribution in [0.15, 0.2) is 0 Å². The second kappa shape index (κ2) is 6.28. The third kappa shape index (κ3) is 3.75. The molecule has 0 aromatic carbocycles. The molecule has 0 spiro atoms. The molecule has 0 amide bonds. The number of nitrogens with two attached hydrogens (primary N) is 1. The van der Waals surface area contributed by atoms with E-state index in [-0.39, 0.29) is 35.1 Å². The van der Waals surface area contributed by atoms with Crippen LogP contribution in [0.1, 0.15) is 19.5 Å². The van der Waals surface area contributed by atoms with Gasteiger partial charge in [0, 0.05) is 7.11 Å². The van der Waals surface area contributed by atoms with Gasteiger partial charge < -0.3 is 15.8 Å². The monoisotopic (exact) mass is 269 g/mol. The van der Waals surface area contributed by atoms with E-state index < -0.39 is 4.92 Å². The minimum atomic E-state index is -0.513. The first-order valence-electron chi connectivity index (χ1n) is 5.90. The Morgan fingerprint density at radius 2 is 2.11 bits per heavy atom. The van der Waals surface area contributed by atoms with Crippen molar-refractivity contribution in [3.8, 4) is 0 Å². The maximum atomic E-state index is 11.1. The van der Waals surface area contributed by atoms with E-state index in [0.717, 1.165) is 0 Å². The Balaban J connectivity index is 3.14. The molecule has 0 aliphatic rings. The van der Waals surface area contributed by atoms with Crippen LogP contribution in [0.4, 0.5) is 17.5 Å². The highest BCUT2D eigenvalue weighted by Crippen LogP contribution is 2.27. The first kappa shape index (κ1) is 15.1. The van der Waals surface area contributed by atoms with Crippen molar-refractivity contribution in [3.63, 3.8) is 0 Å². The van der Waals surface area contributed by atoms with Crippen molar-refractivity contribution >= 4 is 17.5 Å². The predicted molar refractivity (Wildman–Crippen MR) is 72.0 cm³/mol. The summed E-state index contributed by atoms with van der Waals surface area (Å²) in [5, 5.41) is 14.1. The summed E-state index contributed by atoms with van der Waals surface area (Å²) in [5.74, 6) is 0.354. The van der Waals surface area contributed by atoms with Gasteiger partial charge in [0.1, 0.15) is 5.69 Å². The summed E-state index contributed by atoms with van der Waals surface area (Å²) >= 11 is 0. The maximum absolute atomic E-state index is 11.1. The third-order valence-electron chi connectivity index (χ3n) is 2.73. The van der Waals surface area contributed by atoms with E-state index in [1.165, 1.54) is 6.92 Å². The summed E-state index contributed by atoms with van der Waals surface area (Å²) in [5.41, 5.74) is 5.62. The third-order valence-corrected chi connectivity index (χ3v) is 2.73. The Hall–Kier alpha value is -1.96. The Kier molecular flexibility index (Phi) is 4.99. The van der Waals surface area contributed by atoms with E-state index in [4.69, 9.17) is 10.5 Å². The largest absolute Gasteiger partial charge is 0.383 e. The summed E-state index contributed by atoms with van der Waals surface area (Å²) in [6.07, 6.45) is 0. The highest BCUT2D eigenvalue weighted by Gasteiger charge is 2.24. The maximum Gasteiger partial charge on any atom is 0.332 e. The van der Waals surface area contributed by atoms with Gasteiger partial charge in [-0.3, -0.25) is 10.1 Å². The number of nitro groups is 1. The summed E-state index contributed by atoms with van der Waals surface area (Å²) in [6, 6.07) is -0.0996. The van der Waals surface area contributed by atoms with Crippen molar-refractivity contribution in [3.05, 3.63) is 15.8 Å². The van der Waals surface area contributed by atoms with E-state index in [1.54, 1.807) is 7.11 Å². The van der Waals surface area contributed by atoms with E-state index in [1.807, 2.05) is 13.8 Å². The van der Waals surface area contributed by atoms with Gasteiger partial charge in [-0.15, -0.1) is 0 Å². The summed E-state index contributed by atoms with van der Waals surface area (Å²) in [7, 11) is 1.57. The fourth-order valence-corrected chi connectivity index (χ4v) is 1.66. The van der Waals surface area contributed by atoms with Gasteiger partial charge in [0.2, 0.25) is 11.8 Å². The van der Waals surface area contributed by atoms with Crippen LogP contribution in [0.25, 0.3) is 0 Å². The number of aryl methyl sites for hydroxylation is 1. The molecule has 1 heterocycles. The van der Waals surface area contributed by atoms with Gasteiger partial charge in [-0.05, 0) is 12.8 Å².